The zero-order valence-electron chi connectivity index (χ0n) is 21.2. The molecule has 0 unspecified atom stereocenters. The fourth-order valence-electron chi connectivity index (χ4n) is 5.35. The van der Waals surface area contributed by atoms with E-state index in [1.54, 1.807) is 22.0 Å². The molecule has 2 fully saturated rings. The maximum absolute atomic E-state index is 13.5. The highest BCUT2D eigenvalue weighted by atomic mass is 16.5. The van der Waals surface area contributed by atoms with Gasteiger partial charge in [0.25, 0.3) is 0 Å². The largest absolute Gasteiger partial charge is 0.463 e. The average molecular weight is 497 g/mol. The van der Waals surface area contributed by atoms with E-state index >= 15 is 0 Å². The van der Waals surface area contributed by atoms with Crippen molar-refractivity contribution in [1.82, 2.24) is 9.80 Å². The number of carbonyl (C=O) groups is 3. The number of rotatable bonds is 13. The lowest BCUT2D eigenvalue weighted by Crippen LogP contribution is -2.45. The third-order valence-corrected chi connectivity index (χ3v) is 7.32. The highest BCUT2D eigenvalue weighted by Crippen LogP contribution is 2.26. The van der Waals surface area contributed by atoms with Gasteiger partial charge in [0, 0.05) is 19.5 Å². The number of amides is 2. The van der Waals surface area contributed by atoms with Crippen LogP contribution in [0.1, 0.15) is 50.5 Å². The summed E-state index contributed by atoms with van der Waals surface area (Å²) in [4.78, 5) is 42.8. The van der Waals surface area contributed by atoms with Gasteiger partial charge in [0.1, 0.15) is 6.61 Å². The molecule has 2 amide bonds. The van der Waals surface area contributed by atoms with Gasteiger partial charge in [-0.15, -0.1) is 13.2 Å². The molecule has 3 rings (SSSR count). The molecule has 0 aliphatic carbocycles. The smallest absolute Gasteiger partial charge is 0.309 e. The highest BCUT2D eigenvalue weighted by molar-refractivity contribution is 5.86. The van der Waals surface area contributed by atoms with Gasteiger partial charge in [-0.05, 0) is 50.5 Å². The van der Waals surface area contributed by atoms with Crippen LogP contribution in [0.25, 0.3) is 0 Å². The molecule has 0 bridgehead atoms. The molecule has 2 saturated heterocycles. The Kier molecular flexibility index (Phi) is 10.7. The Balaban J connectivity index is 1.59. The first-order chi connectivity index (χ1) is 17.5. The number of esters is 1. The van der Waals surface area contributed by atoms with Crippen LogP contribution in [0.4, 0.5) is 0 Å². The topological polar surface area (TPSA) is 87.2 Å². The van der Waals surface area contributed by atoms with Gasteiger partial charge in [-0.3, -0.25) is 14.4 Å². The quantitative estimate of drug-likeness (QED) is 0.334. The SMILES string of the molecule is C=CC[C@@H](Cc1ccccc1)C(=O)OC[C@@H]1CCCN1C(=O)[C@H](CC=C)CC(=O)N1CCC[C@H]1CO. The minimum Gasteiger partial charge on any atom is -0.463 e. The molecule has 1 aromatic rings. The number of hydrogen-bond donors (Lipinski definition) is 1. The van der Waals surface area contributed by atoms with Crippen molar-refractivity contribution in [3.63, 3.8) is 0 Å². The maximum Gasteiger partial charge on any atom is 0.309 e. The third kappa shape index (κ3) is 7.29. The van der Waals surface area contributed by atoms with Crippen LogP contribution >= 0.6 is 0 Å². The predicted molar refractivity (Wildman–Crippen MR) is 139 cm³/mol. The van der Waals surface area contributed by atoms with E-state index in [9.17, 15) is 19.5 Å². The molecule has 196 valence electrons. The van der Waals surface area contributed by atoms with Gasteiger partial charge in [-0.2, -0.15) is 0 Å². The van der Waals surface area contributed by atoms with Gasteiger partial charge in [-0.1, -0.05) is 42.5 Å². The van der Waals surface area contributed by atoms with Crippen LogP contribution in [0.15, 0.2) is 55.6 Å². The summed E-state index contributed by atoms with van der Waals surface area (Å²) < 4.78 is 5.72. The summed E-state index contributed by atoms with van der Waals surface area (Å²) in [6.07, 6.45) is 8.28. The fraction of sp³-hybridized carbons (Fsp3) is 0.552. The molecule has 7 heteroatoms. The van der Waals surface area contributed by atoms with E-state index in [1.165, 1.54) is 0 Å². The van der Waals surface area contributed by atoms with E-state index < -0.39 is 5.92 Å². The van der Waals surface area contributed by atoms with E-state index in [0.717, 1.165) is 31.2 Å². The minimum absolute atomic E-state index is 0.0531. The van der Waals surface area contributed by atoms with E-state index in [4.69, 9.17) is 4.74 Å². The van der Waals surface area contributed by atoms with Crippen LogP contribution in [0.2, 0.25) is 0 Å². The molecule has 1 N–H and O–H groups in total. The van der Waals surface area contributed by atoms with Crippen molar-refractivity contribution in [3.05, 3.63) is 61.2 Å². The highest BCUT2D eigenvalue weighted by Gasteiger charge is 2.36. The number of allylic oxidation sites excluding steroid dienone is 2. The monoisotopic (exact) mass is 496 g/mol. The number of benzene rings is 1. The molecule has 7 nitrogen and oxygen atoms in total. The number of aliphatic hydroxyl groups is 1. The number of nitrogens with zero attached hydrogens (tertiary/aromatic N) is 2. The Morgan fingerprint density at radius 2 is 1.61 bits per heavy atom. The molecule has 2 aliphatic rings. The molecular formula is C29H40N2O5. The predicted octanol–water partition coefficient (Wildman–Crippen LogP) is 3.52. The summed E-state index contributed by atoms with van der Waals surface area (Å²) in [5.74, 6) is -1.28. The van der Waals surface area contributed by atoms with Crippen LogP contribution in [0.5, 0.6) is 0 Å². The van der Waals surface area contributed by atoms with Gasteiger partial charge >= 0.3 is 5.97 Å². The van der Waals surface area contributed by atoms with Crippen LogP contribution in [-0.2, 0) is 25.5 Å². The van der Waals surface area contributed by atoms with Gasteiger partial charge in [0.15, 0.2) is 0 Å². The Morgan fingerprint density at radius 3 is 2.28 bits per heavy atom. The normalized spacial score (nSPS) is 21.1. The Hall–Kier alpha value is -2.93. The molecule has 0 spiro atoms. The van der Waals surface area contributed by atoms with Gasteiger partial charge in [0.2, 0.25) is 11.8 Å². The van der Waals surface area contributed by atoms with Crippen LogP contribution < -0.4 is 0 Å². The Morgan fingerprint density at radius 1 is 0.972 bits per heavy atom. The lowest BCUT2D eigenvalue weighted by atomic mass is 9.96. The maximum atomic E-state index is 13.5. The number of likely N-dealkylation sites (tertiary alicyclic amines) is 2. The van der Waals surface area contributed by atoms with E-state index in [-0.39, 0.29) is 55.4 Å². The summed E-state index contributed by atoms with van der Waals surface area (Å²) >= 11 is 0. The van der Waals surface area contributed by atoms with E-state index in [1.807, 2.05) is 30.3 Å². The number of carbonyl (C=O) groups excluding carboxylic acids is 3. The second kappa shape index (κ2) is 14.0. The summed E-state index contributed by atoms with van der Waals surface area (Å²) in [7, 11) is 0. The summed E-state index contributed by atoms with van der Waals surface area (Å²) in [5, 5.41) is 9.57. The first-order valence-corrected chi connectivity index (χ1v) is 13.1. The van der Waals surface area contributed by atoms with E-state index in [0.29, 0.717) is 32.4 Å². The third-order valence-electron chi connectivity index (χ3n) is 7.32. The second-order valence-corrected chi connectivity index (χ2v) is 9.86. The van der Waals surface area contributed by atoms with Crippen LogP contribution in [0.3, 0.4) is 0 Å². The first-order valence-electron chi connectivity index (χ1n) is 13.1. The number of ether oxygens (including phenoxy) is 1. The van der Waals surface area contributed by atoms with Crippen molar-refractivity contribution in [1.29, 1.82) is 0 Å². The van der Waals surface area contributed by atoms with Crippen molar-refractivity contribution in [2.45, 2.75) is 63.5 Å². The van der Waals surface area contributed by atoms with Crippen molar-refractivity contribution < 1.29 is 24.2 Å². The summed E-state index contributed by atoms with van der Waals surface area (Å²) in [6, 6.07) is 9.48. The Bertz CT molecular complexity index is 902. The molecule has 2 heterocycles. The molecule has 0 radical (unpaired) electrons. The van der Waals surface area contributed by atoms with E-state index in [2.05, 4.69) is 13.2 Å². The molecule has 1 aromatic carbocycles. The number of hydrogen-bond acceptors (Lipinski definition) is 5. The second-order valence-electron chi connectivity index (χ2n) is 9.86. The lowest BCUT2D eigenvalue weighted by molar-refractivity contribution is -0.152. The van der Waals surface area contributed by atoms with Crippen molar-refractivity contribution in [3.8, 4) is 0 Å². The van der Waals surface area contributed by atoms with Gasteiger partial charge in [-0.25, -0.2) is 0 Å². The molecule has 0 aromatic heterocycles. The van der Waals surface area contributed by atoms with Crippen LogP contribution in [0, 0.1) is 11.8 Å². The molecule has 0 saturated carbocycles. The van der Waals surface area contributed by atoms with Crippen molar-refractivity contribution in [2.24, 2.45) is 11.8 Å². The fourth-order valence-corrected chi connectivity index (χ4v) is 5.35. The van der Waals surface area contributed by atoms with Crippen molar-refractivity contribution >= 4 is 17.8 Å². The number of aliphatic hydroxyl groups excluding tert-OH is 1. The molecule has 2 aliphatic heterocycles. The van der Waals surface area contributed by atoms with Crippen LogP contribution in [-0.4, -0.2) is 71.1 Å². The molecule has 36 heavy (non-hydrogen) atoms. The minimum atomic E-state index is -0.502. The van der Waals surface area contributed by atoms with Crippen molar-refractivity contribution in [2.75, 3.05) is 26.3 Å². The molecular weight excluding hydrogens is 456 g/mol. The summed E-state index contributed by atoms with van der Waals surface area (Å²) in [6.45, 7) is 8.88. The zero-order chi connectivity index (χ0) is 25.9. The molecule has 4 atom stereocenters. The lowest BCUT2D eigenvalue weighted by Gasteiger charge is -2.30. The average Bonchev–Trinajstić information content (AvgIpc) is 3.56. The van der Waals surface area contributed by atoms with Gasteiger partial charge in [0.05, 0.1) is 30.5 Å². The Labute approximate surface area is 214 Å². The zero-order valence-corrected chi connectivity index (χ0v) is 21.2. The van der Waals surface area contributed by atoms with Gasteiger partial charge < -0.3 is 19.6 Å². The summed E-state index contributed by atoms with van der Waals surface area (Å²) in [5.41, 5.74) is 1.07. The first kappa shape index (κ1) is 27.7. The standard InChI is InChI=1S/C29H40N2O5/c1-3-10-23(19-27(33)30-16-8-14-25(30)20-32)28(34)31-17-9-15-26(31)21-36-29(35)24(11-4-2)18-22-12-6-5-7-13-22/h3-7,12-13,23-26,32H,1-2,8-11,14-21H2/t23-,24+,25+,26+/m1/s1.